The van der Waals surface area contributed by atoms with Crippen LogP contribution in [0.3, 0.4) is 0 Å². The molecule has 1 aromatic rings. The van der Waals surface area contributed by atoms with Crippen LogP contribution in [0.1, 0.15) is 71.1 Å². The van der Waals surface area contributed by atoms with E-state index in [2.05, 4.69) is 17.1 Å². The first-order chi connectivity index (χ1) is 7.45. The molecule has 0 fully saturated rings. The van der Waals surface area contributed by atoms with Crippen LogP contribution in [-0.4, -0.2) is 10.1 Å². The van der Waals surface area contributed by atoms with Crippen molar-refractivity contribution in [2.45, 2.75) is 64.8 Å². The lowest BCUT2D eigenvalue weighted by molar-refractivity contribution is 0.316. The number of nitrogens with zero attached hydrogens (tertiary/aromatic N) is 2. The van der Waals surface area contributed by atoms with Gasteiger partial charge < -0.3 is 10.3 Å². The first kappa shape index (κ1) is 13.2. The summed E-state index contributed by atoms with van der Waals surface area (Å²) in [5.74, 6) is 1.30. The summed E-state index contributed by atoms with van der Waals surface area (Å²) in [6, 6.07) is -0.0913. The van der Waals surface area contributed by atoms with Gasteiger partial charge in [0.15, 0.2) is 5.82 Å². The molecule has 0 radical (unpaired) electrons. The third-order valence-electron chi connectivity index (χ3n) is 2.53. The standard InChI is InChI=1S/C12H23N3O/c1-5-6-7-8-9(13)10-14-11(16-15-10)12(2,3)4/h9H,5-8,13H2,1-4H3. The normalized spacial score (nSPS) is 14.1. The molecule has 4 nitrogen and oxygen atoms in total. The second kappa shape index (κ2) is 5.43. The third kappa shape index (κ3) is 3.59. The van der Waals surface area contributed by atoms with Crippen molar-refractivity contribution in [3.8, 4) is 0 Å². The van der Waals surface area contributed by atoms with E-state index in [1.807, 2.05) is 20.8 Å². The lowest BCUT2D eigenvalue weighted by Gasteiger charge is -2.10. The number of hydrogen-bond acceptors (Lipinski definition) is 4. The van der Waals surface area contributed by atoms with Crippen molar-refractivity contribution in [1.29, 1.82) is 0 Å². The van der Waals surface area contributed by atoms with Gasteiger partial charge in [0.25, 0.3) is 0 Å². The molecule has 0 aliphatic rings. The van der Waals surface area contributed by atoms with Gasteiger partial charge in [0.05, 0.1) is 6.04 Å². The highest BCUT2D eigenvalue weighted by atomic mass is 16.5. The van der Waals surface area contributed by atoms with Crippen molar-refractivity contribution >= 4 is 0 Å². The van der Waals surface area contributed by atoms with Crippen molar-refractivity contribution < 1.29 is 4.52 Å². The van der Waals surface area contributed by atoms with Crippen molar-refractivity contribution in [2.75, 3.05) is 0 Å². The minimum atomic E-state index is -0.103. The van der Waals surface area contributed by atoms with Crippen LogP contribution in [0.25, 0.3) is 0 Å². The molecule has 16 heavy (non-hydrogen) atoms. The Hall–Kier alpha value is -0.900. The predicted octanol–water partition coefficient (Wildman–Crippen LogP) is 2.95. The fourth-order valence-corrected chi connectivity index (χ4v) is 1.43. The Morgan fingerprint density at radius 1 is 1.31 bits per heavy atom. The zero-order chi connectivity index (χ0) is 12.2. The summed E-state index contributed by atoms with van der Waals surface area (Å²) in [5.41, 5.74) is 5.90. The first-order valence-electron chi connectivity index (χ1n) is 6.04. The van der Waals surface area contributed by atoms with Crippen molar-refractivity contribution in [3.05, 3.63) is 11.7 Å². The number of aromatic nitrogens is 2. The van der Waals surface area contributed by atoms with Gasteiger partial charge >= 0.3 is 0 Å². The van der Waals surface area contributed by atoms with Crippen molar-refractivity contribution in [3.63, 3.8) is 0 Å². The van der Waals surface area contributed by atoms with Crippen LogP contribution in [-0.2, 0) is 5.41 Å². The molecule has 0 saturated carbocycles. The molecule has 0 spiro atoms. The monoisotopic (exact) mass is 225 g/mol. The van der Waals surface area contributed by atoms with Crippen LogP contribution >= 0.6 is 0 Å². The maximum atomic E-state index is 6.01. The van der Waals surface area contributed by atoms with E-state index in [1.54, 1.807) is 0 Å². The molecule has 1 heterocycles. The van der Waals surface area contributed by atoms with Gasteiger partial charge in [-0.25, -0.2) is 0 Å². The van der Waals surface area contributed by atoms with Crippen LogP contribution in [0.4, 0.5) is 0 Å². The summed E-state index contributed by atoms with van der Waals surface area (Å²) in [6.45, 7) is 8.32. The highest BCUT2D eigenvalue weighted by molar-refractivity contribution is 5.00. The Morgan fingerprint density at radius 3 is 2.50 bits per heavy atom. The maximum Gasteiger partial charge on any atom is 0.232 e. The van der Waals surface area contributed by atoms with Crippen LogP contribution < -0.4 is 5.73 Å². The topological polar surface area (TPSA) is 64.9 Å². The summed E-state index contributed by atoms with van der Waals surface area (Å²) < 4.78 is 5.22. The van der Waals surface area contributed by atoms with E-state index in [0.717, 1.165) is 12.8 Å². The van der Waals surface area contributed by atoms with Gasteiger partial charge in [0.2, 0.25) is 5.89 Å². The summed E-state index contributed by atoms with van der Waals surface area (Å²) >= 11 is 0. The second-order valence-electron chi connectivity index (χ2n) is 5.31. The van der Waals surface area contributed by atoms with E-state index in [4.69, 9.17) is 10.3 Å². The predicted molar refractivity (Wildman–Crippen MR) is 64.1 cm³/mol. The molecule has 0 amide bonds. The van der Waals surface area contributed by atoms with Gasteiger partial charge in [-0.05, 0) is 6.42 Å². The van der Waals surface area contributed by atoms with E-state index < -0.39 is 0 Å². The molecule has 1 rings (SSSR count). The Balaban J connectivity index is 2.56. The highest BCUT2D eigenvalue weighted by Gasteiger charge is 2.23. The zero-order valence-corrected chi connectivity index (χ0v) is 10.8. The van der Waals surface area contributed by atoms with Gasteiger partial charge in [0.1, 0.15) is 0 Å². The van der Waals surface area contributed by atoms with Crippen LogP contribution in [0.15, 0.2) is 4.52 Å². The number of hydrogen-bond donors (Lipinski definition) is 1. The minimum Gasteiger partial charge on any atom is -0.339 e. The molecule has 92 valence electrons. The Kier molecular flexibility index (Phi) is 4.47. The Morgan fingerprint density at radius 2 is 2.00 bits per heavy atom. The lowest BCUT2D eigenvalue weighted by Crippen LogP contribution is -2.14. The molecule has 1 unspecified atom stereocenters. The van der Waals surface area contributed by atoms with Gasteiger partial charge in [-0.2, -0.15) is 4.98 Å². The van der Waals surface area contributed by atoms with E-state index >= 15 is 0 Å². The largest absolute Gasteiger partial charge is 0.339 e. The first-order valence-corrected chi connectivity index (χ1v) is 6.04. The third-order valence-corrected chi connectivity index (χ3v) is 2.53. The SMILES string of the molecule is CCCCCC(N)c1noc(C(C)(C)C)n1. The number of unbranched alkanes of at least 4 members (excludes halogenated alkanes) is 2. The van der Waals surface area contributed by atoms with Gasteiger partial charge in [-0.1, -0.05) is 52.1 Å². The van der Waals surface area contributed by atoms with E-state index in [9.17, 15) is 0 Å². The molecular weight excluding hydrogens is 202 g/mol. The molecular formula is C12H23N3O. The maximum absolute atomic E-state index is 6.01. The average Bonchev–Trinajstić information content (AvgIpc) is 2.66. The van der Waals surface area contributed by atoms with Gasteiger partial charge in [-0.15, -0.1) is 0 Å². The molecule has 0 bridgehead atoms. The van der Waals surface area contributed by atoms with Crippen molar-refractivity contribution in [1.82, 2.24) is 10.1 Å². The number of nitrogens with two attached hydrogens (primary N) is 1. The summed E-state index contributed by atoms with van der Waals surface area (Å²) in [4.78, 5) is 4.36. The molecule has 0 aliphatic heterocycles. The molecule has 1 aromatic heterocycles. The smallest absolute Gasteiger partial charge is 0.232 e. The summed E-state index contributed by atoms with van der Waals surface area (Å²) in [6.07, 6.45) is 4.46. The van der Waals surface area contributed by atoms with Crippen LogP contribution in [0.5, 0.6) is 0 Å². The van der Waals surface area contributed by atoms with E-state index in [0.29, 0.717) is 11.7 Å². The second-order valence-corrected chi connectivity index (χ2v) is 5.31. The van der Waals surface area contributed by atoms with Gasteiger partial charge in [-0.3, -0.25) is 0 Å². The van der Waals surface area contributed by atoms with E-state index in [1.165, 1.54) is 12.8 Å². The Labute approximate surface area is 97.6 Å². The highest BCUT2D eigenvalue weighted by Crippen LogP contribution is 2.22. The lowest BCUT2D eigenvalue weighted by atomic mass is 9.97. The summed E-state index contributed by atoms with van der Waals surface area (Å²) in [7, 11) is 0. The zero-order valence-electron chi connectivity index (χ0n) is 10.8. The molecule has 0 saturated heterocycles. The molecule has 1 atom stereocenters. The average molecular weight is 225 g/mol. The molecule has 2 N–H and O–H groups in total. The molecule has 0 aromatic carbocycles. The van der Waals surface area contributed by atoms with Gasteiger partial charge in [0, 0.05) is 5.41 Å². The Bertz CT molecular complexity index is 314. The summed E-state index contributed by atoms with van der Waals surface area (Å²) in [5, 5.41) is 3.95. The molecule has 0 aliphatic carbocycles. The minimum absolute atomic E-state index is 0.0913. The fraction of sp³-hybridized carbons (Fsp3) is 0.833. The molecule has 4 heteroatoms. The van der Waals surface area contributed by atoms with Crippen LogP contribution in [0.2, 0.25) is 0 Å². The number of rotatable bonds is 5. The quantitative estimate of drug-likeness (QED) is 0.782. The van der Waals surface area contributed by atoms with E-state index in [-0.39, 0.29) is 11.5 Å². The van der Waals surface area contributed by atoms with Crippen LogP contribution in [0, 0.1) is 0 Å². The van der Waals surface area contributed by atoms with Crippen molar-refractivity contribution in [2.24, 2.45) is 5.73 Å². The fourth-order valence-electron chi connectivity index (χ4n) is 1.43.